The fraction of sp³-hybridized carbons (Fsp3) is 0.333. The summed E-state index contributed by atoms with van der Waals surface area (Å²) in [5.41, 5.74) is 2.21. The maximum absolute atomic E-state index is 13.4. The van der Waals surface area contributed by atoms with Gasteiger partial charge in [0.1, 0.15) is 11.6 Å². The van der Waals surface area contributed by atoms with E-state index in [4.69, 9.17) is 11.6 Å². The lowest BCUT2D eigenvalue weighted by Gasteiger charge is -2.26. The highest BCUT2D eigenvalue weighted by Crippen LogP contribution is 2.26. The molecule has 2 N–H and O–H groups in total. The van der Waals surface area contributed by atoms with Crippen LogP contribution in [0.3, 0.4) is 0 Å². The van der Waals surface area contributed by atoms with Crippen molar-refractivity contribution in [3.05, 3.63) is 47.4 Å². The monoisotopic (exact) mass is 360 g/mol. The van der Waals surface area contributed by atoms with Crippen molar-refractivity contribution >= 4 is 23.1 Å². The first-order chi connectivity index (χ1) is 12.1. The number of fused-ring (bicyclic) bond motifs is 1. The molecule has 7 heteroatoms. The third-order valence-corrected chi connectivity index (χ3v) is 4.92. The number of aliphatic hydroxyl groups excluding tert-OH is 1. The topological polar surface area (TPSA) is 62.5 Å². The maximum atomic E-state index is 13.4. The highest BCUT2D eigenvalue weighted by molar-refractivity contribution is 6.31. The summed E-state index contributed by atoms with van der Waals surface area (Å²) >= 11 is 5.90. The largest absolute Gasteiger partial charge is 0.393 e. The lowest BCUT2D eigenvalue weighted by atomic mass is 9.93. The number of halogens is 2. The number of imidazole rings is 1. The van der Waals surface area contributed by atoms with Gasteiger partial charge in [-0.15, -0.1) is 5.10 Å². The van der Waals surface area contributed by atoms with Crippen LogP contribution in [0.15, 0.2) is 36.5 Å². The van der Waals surface area contributed by atoms with Crippen molar-refractivity contribution in [1.82, 2.24) is 14.6 Å². The highest BCUT2D eigenvalue weighted by atomic mass is 35.5. The Morgan fingerprint density at radius 3 is 2.72 bits per heavy atom. The number of nitrogens with one attached hydrogen (secondary N) is 1. The van der Waals surface area contributed by atoms with Crippen LogP contribution in [-0.2, 0) is 0 Å². The zero-order chi connectivity index (χ0) is 17.4. The van der Waals surface area contributed by atoms with E-state index >= 15 is 0 Å². The van der Waals surface area contributed by atoms with Gasteiger partial charge in [0.2, 0.25) is 0 Å². The summed E-state index contributed by atoms with van der Waals surface area (Å²) in [5, 5.41) is 17.7. The van der Waals surface area contributed by atoms with Gasteiger partial charge in [0, 0.05) is 11.6 Å². The van der Waals surface area contributed by atoms with Gasteiger partial charge in [-0.25, -0.2) is 13.9 Å². The SMILES string of the molecule is OC1CCC(Nc2ccc3ncc(-c4ccc(F)c(Cl)c4)n3n2)CC1. The fourth-order valence-corrected chi connectivity index (χ4v) is 3.41. The van der Waals surface area contributed by atoms with Gasteiger partial charge in [0.25, 0.3) is 0 Å². The molecule has 0 radical (unpaired) electrons. The standard InChI is InChI=1S/C18H18ClFN4O/c19-14-9-11(1-6-15(14)20)16-10-21-18-8-7-17(23-24(16)18)22-12-2-4-13(25)5-3-12/h1,6-10,12-13,25H,2-5H2,(H,22,23). The molecule has 1 aliphatic rings. The van der Waals surface area contributed by atoms with Gasteiger partial charge in [0.15, 0.2) is 5.65 Å². The van der Waals surface area contributed by atoms with Crippen LogP contribution in [0.5, 0.6) is 0 Å². The molecule has 0 atom stereocenters. The second kappa shape index (κ2) is 6.61. The predicted octanol–water partition coefficient (Wildman–Crippen LogP) is 3.90. The van der Waals surface area contributed by atoms with Crippen molar-refractivity contribution in [2.24, 2.45) is 0 Å². The molecule has 1 aromatic carbocycles. The Balaban J connectivity index is 1.64. The average Bonchev–Trinajstić information content (AvgIpc) is 3.03. The third-order valence-electron chi connectivity index (χ3n) is 4.63. The van der Waals surface area contributed by atoms with E-state index in [1.165, 1.54) is 6.07 Å². The summed E-state index contributed by atoms with van der Waals surface area (Å²) in [4.78, 5) is 4.35. The second-order valence-corrected chi connectivity index (χ2v) is 6.82. The van der Waals surface area contributed by atoms with Gasteiger partial charge >= 0.3 is 0 Å². The van der Waals surface area contributed by atoms with Crippen molar-refractivity contribution in [2.75, 3.05) is 5.32 Å². The number of hydrogen-bond donors (Lipinski definition) is 2. The Labute approximate surface area is 149 Å². The summed E-state index contributed by atoms with van der Waals surface area (Å²) < 4.78 is 15.1. The van der Waals surface area contributed by atoms with Gasteiger partial charge < -0.3 is 10.4 Å². The number of hydrogen-bond acceptors (Lipinski definition) is 4. The van der Waals surface area contributed by atoms with Gasteiger partial charge in [-0.2, -0.15) is 0 Å². The van der Waals surface area contributed by atoms with Crippen molar-refractivity contribution in [3.63, 3.8) is 0 Å². The van der Waals surface area contributed by atoms with E-state index in [0.717, 1.165) is 42.8 Å². The second-order valence-electron chi connectivity index (χ2n) is 6.41. The van der Waals surface area contributed by atoms with E-state index in [9.17, 15) is 9.50 Å². The van der Waals surface area contributed by atoms with Crippen LogP contribution in [0.1, 0.15) is 25.7 Å². The molecule has 1 aliphatic carbocycles. The summed E-state index contributed by atoms with van der Waals surface area (Å²) in [5.74, 6) is 0.301. The van der Waals surface area contributed by atoms with E-state index in [1.807, 2.05) is 12.1 Å². The summed E-state index contributed by atoms with van der Waals surface area (Å²) in [6.07, 6.45) is 4.98. The summed E-state index contributed by atoms with van der Waals surface area (Å²) in [6, 6.07) is 8.67. The molecule has 4 rings (SSSR count). The highest BCUT2D eigenvalue weighted by Gasteiger charge is 2.19. The average molecular weight is 361 g/mol. The molecular formula is C18H18ClFN4O. The zero-order valence-corrected chi connectivity index (χ0v) is 14.2. The van der Waals surface area contributed by atoms with Crippen LogP contribution in [0, 0.1) is 5.82 Å². The minimum absolute atomic E-state index is 0.0718. The van der Waals surface area contributed by atoms with Crippen LogP contribution < -0.4 is 5.32 Å². The van der Waals surface area contributed by atoms with Crippen LogP contribution in [0.2, 0.25) is 5.02 Å². The van der Waals surface area contributed by atoms with Crippen LogP contribution in [-0.4, -0.2) is 31.9 Å². The Kier molecular flexibility index (Phi) is 4.31. The number of aliphatic hydroxyl groups is 1. The molecule has 0 aliphatic heterocycles. The quantitative estimate of drug-likeness (QED) is 0.743. The van der Waals surface area contributed by atoms with Crippen molar-refractivity contribution < 1.29 is 9.50 Å². The molecule has 3 aromatic rings. The van der Waals surface area contributed by atoms with E-state index in [2.05, 4.69) is 15.4 Å². The number of nitrogens with zero attached hydrogens (tertiary/aromatic N) is 3. The van der Waals surface area contributed by atoms with Crippen molar-refractivity contribution in [1.29, 1.82) is 0 Å². The van der Waals surface area contributed by atoms with Crippen LogP contribution in [0.4, 0.5) is 10.2 Å². The van der Waals surface area contributed by atoms with Gasteiger partial charge in [-0.05, 0) is 56.0 Å². The Morgan fingerprint density at radius 2 is 1.96 bits per heavy atom. The lowest BCUT2D eigenvalue weighted by Crippen LogP contribution is -2.28. The van der Waals surface area contributed by atoms with E-state index in [0.29, 0.717) is 11.7 Å². The minimum Gasteiger partial charge on any atom is -0.393 e. The van der Waals surface area contributed by atoms with Gasteiger partial charge in [-0.3, -0.25) is 0 Å². The van der Waals surface area contributed by atoms with Crippen LogP contribution >= 0.6 is 11.6 Å². The number of anilines is 1. The lowest BCUT2D eigenvalue weighted by molar-refractivity contribution is 0.126. The molecule has 0 spiro atoms. The summed E-state index contributed by atoms with van der Waals surface area (Å²) in [7, 11) is 0. The molecule has 0 amide bonds. The van der Waals surface area contributed by atoms with Crippen molar-refractivity contribution in [2.45, 2.75) is 37.8 Å². The van der Waals surface area contributed by atoms with E-state index in [-0.39, 0.29) is 11.1 Å². The molecule has 5 nitrogen and oxygen atoms in total. The number of benzene rings is 1. The first kappa shape index (κ1) is 16.3. The maximum Gasteiger partial charge on any atom is 0.154 e. The smallest absolute Gasteiger partial charge is 0.154 e. The van der Waals surface area contributed by atoms with Gasteiger partial charge in [0.05, 0.1) is 23.0 Å². The number of aromatic nitrogens is 3. The molecule has 25 heavy (non-hydrogen) atoms. The Bertz CT molecular complexity index is 905. The third kappa shape index (κ3) is 3.32. The zero-order valence-electron chi connectivity index (χ0n) is 13.5. The van der Waals surface area contributed by atoms with Crippen molar-refractivity contribution in [3.8, 4) is 11.3 Å². The molecule has 0 saturated heterocycles. The molecule has 1 saturated carbocycles. The fourth-order valence-electron chi connectivity index (χ4n) is 3.23. The Hall–Kier alpha value is -2.18. The molecular weight excluding hydrogens is 343 g/mol. The summed E-state index contributed by atoms with van der Waals surface area (Å²) in [6.45, 7) is 0. The van der Waals surface area contributed by atoms with Crippen LogP contribution in [0.25, 0.3) is 16.9 Å². The first-order valence-corrected chi connectivity index (χ1v) is 8.73. The van der Waals surface area contributed by atoms with E-state index in [1.54, 1.807) is 22.8 Å². The molecule has 0 bridgehead atoms. The predicted molar refractivity (Wildman–Crippen MR) is 95.3 cm³/mol. The first-order valence-electron chi connectivity index (χ1n) is 8.35. The minimum atomic E-state index is -0.450. The molecule has 0 unspecified atom stereocenters. The number of rotatable bonds is 3. The Morgan fingerprint density at radius 1 is 1.16 bits per heavy atom. The van der Waals surface area contributed by atoms with E-state index < -0.39 is 5.82 Å². The van der Waals surface area contributed by atoms with Gasteiger partial charge in [-0.1, -0.05) is 11.6 Å². The molecule has 2 aromatic heterocycles. The normalized spacial score (nSPS) is 20.8. The molecule has 130 valence electrons. The molecule has 2 heterocycles. The molecule has 1 fully saturated rings.